The van der Waals surface area contributed by atoms with Gasteiger partial charge in [-0.05, 0) is 59.6 Å². The average molecular weight is 595 g/mol. The SMILES string of the molecule is CCOC(=O)COc1cc(Br)c(C=Nn2c([C@@H](C)CC)nc3ccc(Br)cc3c2=O)cc1OC. The van der Waals surface area contributed by atoms with Crippen molar-refractivity contribution < 1.29 is 19.0 Å². The van der Waals surface area contributed by atoms with E-state index in [1.54, 1.807) is 31.3 Å². The molecule has 3 aromatic rings. The van der Waals surface area contributed by atoms with Crippen molar-refractivity contribution in [1.82, 2.24) is 9.66 Å². The summed E-state index contributed by atoms with van der Waals surface area (Å²) in [5.41, 5.74) is 1.02. The summed E-state index contributed by atoms with van der Waals surface area (Å²) in [4.78, 5) is 29.6. The Morgan fingerprint density at radius 2 is 1.97 bits per heavy atom. The fraction of sp³-hybridized carbons (Fsp3) is 0.333. The zero-order valence-corrected chi connectivity index (χ0v) is 22.5. The van der Waals surface area contributed by atoms with Crippen LogP contribution in [0.5, 0.6) is 11.5 Å². The number of fused-ring (bicyclic) bond motifs is 1. The molecule has 0 aliphatic rings. The summed E-state index contributed by atoms with van der Waals surface area (Å²) >= 11 is 6.91. The van der Waals surface area contributed by atoms with Crippen molar-refractivity contribution >= 4 is 54.9 Å². The van der Waals surface area contributed by atoms with E-state index in [2.05, 4.69) is 37.0 Å². The number of carbonyl (C=O) groups excluding carboxylic acids is 1. The van der Waals surface area contributed by atoms with Crippen molar-refractivity contribution in [2.75, 3.05) is 20.3 Å². The van der Waals surface area contributed by atoms with Crippen molar-refractivity contribution in [2.24, 2.45) is 5.10 Å². The van der Waals surface area contributed by atoms with Gasteiger partial charge in [-0.1, -0.05) is 29.8 Å². The quantitative estimate of drug-likeness (QED) is 0.248. The predicted octanol–water partition coefficient (Wildman–Crippen LogP) is 5.27. The Morgan fingerprint density at radius 1 is 1.21 bits per heavy atom. The molecule has 0 aliphatic carbocycles. The van der Waals surface area contributed by atoms with Gasteiger partial charge in [-0.2, -0.15) is 9.78 Å². The number of hydrogen-bond donors (Lipinski definition) is 0. The molecule has 10 heteroatoms. The first-order valence-corrected chi connectivity index (χ1v) is 12.3. The monoisotopic (exact) mass is 593 g/mol. The molecule has 3 rings (SSSR count). The molecule has 1 aromatic heterocycles. The fourth-order valence-corrected chi connectivity index (χ4v) is 3.95. The standard InChI is InChI=1S/C24H25Br2N3O5/c1-5-14(3)23-28-19-8-7-16(25)10-17(19)24(31)29(23)27-12-15-9-20(32-4)21(11-18(15)26)34-13-22(30)33-6-2/h7-12,14H,5-6,13H2,1-4H3/t14-/m0/s1. The molecule has 180 valence electrons. The first-order chi connectivity index (χ1) is 16.3. The number of aromatic nitrogens is 2. The van der Waals surface area contributed by atoms with E-state index in [9.17, 15) is 9.59 Å². The molecule has 8 nitrogen and oxygen atoms in total. The van der Waals surface area contributed by atoms with Gasteiger partial charge in [-0.15, -0.1) is 0 Å². The molecule has 2 aromatic carbocycles. The van der Waals surface area contributed by atoms with Gasteiger partial charge in [0.1, 0.15) is 5.82 Å². The van der Waals surface area contributed by atoms with Crippen LogP contribution in [-0.2, 0) is 9.53 Å². The first-order valence-electron chi connectivity index (χ1n) is 10.7. The molecule has 0 fully saturated rings. The molecular formula is C24H25Br2N3O5. The normalized spacial score (nSPS) is 12.2. The third-order valence-electron chi connectivity index (χ3n) is 5.13. The predicted molar refractivity (Wildman–Crippen MR) is 138 cm³/mol. The summed E-state index contributed by atoms with van der Waals surface area (Å²) in [5, 5.41) is 4.96. The van der Waals surface area contributed by atoms with Gasteiger partial charge in [0.05, 0.1) is 30.8 Å². The van der Waals surface area contributed by atoms with E-state index in [4.69, 9.17) is 19.2 Å². The number of carbonyl (C=O) groups is 1. The number of benzene rings is 2. The van der Waals surface area contributed by atoms with Crippen LogP contribution in [0.25, 0.3) is 10.9 Å². The highest BCUT2D eigenvalue weighted by molar-refractivity contribution is 9.10. The van der Waals surface area contributed by atoms with Crippen molar-refractivity contribution in [3.63, 3.8) is 0 Å². The number of esters is 1. The molecule has 34 heavy (non-hydrogen) atoms. The van der Waals surface area contributed by atoms with Crippen LogP contribution in [0.3, 0.4) is 0 Å². The Kier molecular flexibility index (Phi) is 8.84. The summed E-state index contributed by atoms with van der Waals surface area (Å²) in [6.07, 6.45) is 2.36. The van der Waals surface area contributed by atoms with Crippen LogP contribution in [-0.4, -0.2) is 42.2 Å². The molecule has 1 heterocycles. The molecule has 0 aliphatic heterocycles. The van der Waals surface area contributed by atoms with Gasteiger partial charge in [0.25, 0.3) is 5.56 Å². The molecule has 0 bridgehead atoms. The second-order valence-electron chi connectivity index (χ2n) is 7.42. The molecule has 1 atom stereocenters. The van der Waals surface area contributed by atoms with E-state index >= 15 is 0 Å². The summed E-state index contributed by atoms with van der Waals surface area (Å²) in [7, 11) is 1.50. The van der Waals surface area contributed by atoms with Crippen LogP contribution in [0.15, 0.2) is 49.2 Å². The Morgan fingerprint density at radius 3 is 2.65 bits per heavy atom. The highest BCUT2D eigenvalue weighted by atomic mass is 79.9. The van der Waals surface area contributed by atoms with Crippen molar-refractivity contribution in [3.05, 3.63) is 61.0 Å². The topological polar surface area (TPSA) is 92.0 Å². The van der Waals surface area contributed by atoms with Crippen LogP contribution in [0.1, 0.15) is 44.5 Å². The van der Waals surface area contributed by atoms with Crippen LogP contribution in [0.4, 0.5) is 0 Å². The van der Waals surface area contributed by atoms with Crippen LogP contribution >= 0.6 is 31.9 Å². The first kappa shape index (κ1) is 25.9. The Labute approximate surface area is 214 Å². The van der Waals surface area contributed by atoms with Crippen LogP contribution < -0.4 is 15.0 Å². The lowest BCUT2D eigenvalue weighted by atomic mass is 10.1. The van der Waals surface area contributed by atoms with Gasteiger partial charge < -0.3 is 14.2 Å². The van der Waals surface area contributed by atoms with Gasteiger partial charge in [-0.3, -0.25) is 4.79 Å². The number of halogens is 2. The molecule has 0 saturated heterocycles. The highest BCUT2D eigenvalue weighted by Gasteiger charge is 2.16. The van der Waals surface area contributed by atoms with Crippen LogP contribution in [0, 0.1) is 0 Å². The number of rotatable bonds is 9. The van der Waals surface area contributed by atoms with Crippen molar-refractivity contribution in [1.29, 1.82) is 0 Å². The fourth-order valence-electron chi connectivity index (χ4n) is 3.16. The third kappa shape index (κ3) is 5.85. The summed E-state index contributed by atoms with van der Waals surface area (Å²) in [6, 6.07) is 8.79. The Hall–Kier alpha value is -2.72. The van der Waals surface area contributed by atoms with Crippen molar-refractivity contribution in [3.8, 4) is 11.5 Å². The Balaban J connectivity index is 2.03. The second-order valence-corrected chi connectivity index (χ2v) is 9.19. The van der Waals surface area contributed by atoms with Gasteiger partial charge >= 0.3 is 5.97 Å². The van der Waals surface area contributed by atoms with Gasteiger partial charge in [0, 0.05) is 20.4 Å². The number of methoxy groups -OCH3 is 1. The smallest absolute Gasteiger partial charge is 0.344 e. The highest BCUT2D eigenvalue weighted by Crippen LogP contribution is 2.33. The Bertz CT molecular complexity index is 1290. The zero-order chi connectivity index (χ0) is 24.8. The summed E-state index contributed by atoms with van der Waals surface area (Å²) in [6.45, 7) is 5.80. The minimum absolute atomic E-state index is 0.0227. The lowest BCUT2D eigenvalue weighted by molar-refractivity contribution is -0.145. The van der Waals surface area contributed by atoms with Gasteiger partial charge in [0.2, 0.25) is 0 Å². The minimum atomic E-state index is -0.473. The summed E-state index contributed by atoms with van der Waals surface area (Å²) in [5.74, 6) is 0.905. The number of ether oxygens (including phenoxy) is 3. The van der Waals surface area contributed by atoms with Crippen LogP contribution in [0.2, 0.25) is 0 Å². The van der Waals surface area contributed by atoms with E-state index in [0.717, 1.165) is 10.9 Å². The molecular weight excluding hydrogens is 570 g/mol. The molecule has 0 spiro atoms. The molecule has 0 saturated carbocycles. The van der Waals surface area contributed by atoms with Gasteiger partial charge in [-0.25, -0.2) is 9.78 Å². The van der Waals surface area contributed by atoms with E-state index in [0.29, 0.717) is 38.3 Å². The molecule has 0 N–H and O–H groups in total. The van der Waals surface area contributed by atoms with E-state index in [1.807, 2.05) is 26.0 Å². The van der Waals surface area contributed by atoms with Crippen molar-refractivity contribution in [2.45, 2.75) is 33.1 Å². The minimum Gasteiger partial charge on any atom is -0.493 e. The third-order valence-corrected chi connectivity index (χ3v) is 6.31. The molecule has 0 radical (unpaired) electrons. The number of nitrogens with zero attached hydrogens (tertiary/aromatic N) is 3. The molecule has 0 amide bonds. The maximum Gasteiger partial charge on any atom is 0.344 e. The van der Waals surface area contributed by atoms with E-state index in [1.165, 1.54) is 11.8 Å². The average Bonchev–Trinajstić information content (AvgIpc) is 2.82. The molecule has 0 unspecified atom stereocenters. The maximum absolute atomic E-state index is 13.3. The summed E-state index contributed by atoms with van der Waals surface area (Å²) < 4.78 is 18.6. The maximum atomic E-state index is 13.3. The lowest BCUT2D eigenvalue weighted by Gasteiger charge is -2.14. The van der Waals surface area contributed by atoms with E-state index in [-0.39, 0.29) is 24.7 Å². The number of hydrogen-bond acceptors (Lipinski definition) is 7. The lowest BCUT2D eigenvalue weighted by Crippen LogP contribution is -2.23. The largest absolute Gasteiger partial charge is 0.493 e. The van der Waals surface area contributed by atoms with Gasteiger partial charge in [0.15, 0.2) is 18.1 Å². The second kappa shape index (κ2) is 11.6. The van der Waals surface area contributed by atoms with E-state index < -0.39 is 5.97 Å². The zero-order valence-electron chi connectivity index (χ0n) is 19.3.